The zero-order valence-corrected chi connectivity index (χ0v) is 9.52. The molecule has 0 aromatic heterocycles. The lowest BCUT2D eigenvalue weighted by Gasteiger charge is -2.29. The monoisotopic (exact) mass is 217 g/mol. The van der Waals surface area contributed by atoms with E-state index in [4.69, 9.17) is 4.74 Å². The summed E-state index contributed by atoms with van der Waals surface area (Å²) in [5, 5.41) is 9.86. The fourth-order valence-electron chi connectivity index (χ4n) is 1.77. The summed E-state index contributed by atoms with van der Waals surface area (Å²) >= 11 is 0. The van der Waals surface area contributed by atoms with Crippen LogP contribution in [0.15, 0.2) is 0 Å². The molecule has 0 amide bonds. The summed E-state index contributed by atoms with van der Waals surface area (Å²) in [7, 11) is 3.15. The van der Waals surface area contributed by atoms with Crippen LogP contribution in [0.5, 0.6) is 0 Å². The summed E-state index contributed by atoms with van der Waals surface area (Å²) in [6.45, 7) is 3.13. The molecule has 2 unspecified atom stereocenters. The molecule has 0 bridgehead atoms. The van der Waals surface area contributed by atoms with Crippen LogP contribution in [0.3, 0.4) is 0 Å². The van der Waals surface area contributed by atoms with Gasteiger partial charge in [-0.05, 0) is 20.4 Å². The van der Waals surface area contributed by atoms with E-state index in [1.807, 2.05) is 11.9 Å². The van der Waals surface area contributed by atoms with Gasteiger partial charge in [0.2, 0.25) is 0 Å². The highest BCUT2D eigenvalue weighted by atomic mass is 16.5. The van der Waals surface area contributed by atoms with Crippen LogP contribution >= 0.6 is 0 Å². The lowest BCUT2D eigenvalue weighted by atomic mass is 10.1. The van der Waals surface area contributed by atoms with Gasteiger partial charge in [0.05, 0.1) is 13.7 Å². The van der Waals surface area contributed by atoms with E-state index in [0.29, 0.717) is 6.61 Å². The lowest BCUT2D eigenvalue weighted by Crippen LogP contribution is -2.49. The molecule has 1 N–H and O–H groups in total. The number of carbonyl (C=O) groups is 1. The zero-order valence-electron chi connectivity index (χ0n) is 9.52. The number of likely N-dealkylation sites (N-methyl/N-ethyl adjacent to an activating group) is 1. The van der Waals surface area contributed by atoms with Gasteiger partial charge < -0.3 is 14.6 Å². The Labute approximate surface area is 90.0 Å². The molecule has 88 valence electrons. The number of hydrogen-bond acceptors (Lipinski definition) is 5. The number of hydrogen-bond donors (Lipinski definition) is 1. The summed E-state index contributed by atoms with van der Waals surface area (Å²) < 4.78 is 9.77. The molecule has 1 fully saturated rings. The first-order valence-corrected chi connectivity index (χ1v) is 5.06. The molecule has 1 aliphatic rings. The van der Waals surface area contributed by atoms with Gasteiger partial charge in [0.1, 0.15) is 0 Å². The molecule has 1 heterocycles. The van der Waals surface area contributed by atoms with Crippen molar-refractivity contribution in [1.29, 1.82) is 0 Å². The fourth-order valence-corrected chi connectivity index (χ4v) is 1.77. The van der Waals surface area contributed by atoms with E-state index in [-0.39, 0.29) is 12.6 Å². The predicted molar refractivity (Wildman–Crippen MR) is 54.5 cm³/mol. The Morgan fingerprint density at radius 1 is 1.73 bits per heavy atom. The average molecular weight is 217 g/mol. The number of rotatable bonds is 4. The summed E-state index contributed by atoms with van der Waals surface area (Å²) in [4.78, 5) is 13.2. The highest BCUT2D eigenvalue weighted by Crippen LogP contribution is 2.15. The Kier molecular flexibility index (Phi) is 4.07. The molecule has 2 atom stereocenters. The molecule has 1 aliphatic heterocycles. The average Bonchev–Trinajstić information content (AvgIpc) is 2.68. The number of aliphatic hydroxyl groups is 1. The molecular weight excluding hydrogens is 198 g/mol. The van der Waals surface area contributed by atoms with Crippen molar-refractivity contribution in [3.05, 3.63) is 0 Å². The van der Waals surface area contributed by atoms with E-state index in [2.05, 4.69) is 4.74 Å². The second-order valence-corrected chi connectivity index (χ2v) is 4.20. The molecular formula is C10H19NO4. The second kappa shape index (κ2) is 4.92. The molecule has 0 aromatic carbocycles. The van der Waals surface area contributed by atoms with Crippen LogP contribution in [0.25, 0.3) is 0 Å². The minimum Gasteiger partial charge on any atom is -0.467 e. The normalized spacial score (nSPS) is 25.3. The number of methoxy groups -OCH3 is 1. The van der Waals surface area contributed by atoms with Crippen molar-refractivity contribution in [2.45, 2.75) is 25.0 Å². The van der Waals surface area contributed by atoms with Crippen LogP contribution in [-0.2, 0) is 14.3 Å². The molecule has 5 nitrogen and oxygen atoms in total. The third-order valence-electron chi connectivity index (χ3n) is 2.71. The highest BCUT2D eigenvalue weighted by Gasteiger charge is 2.35. The lowest BCUT2D eigenvalue weighted by molar-refractivity contribution is -0.162. The van der Waals surface area contributed by atoms with Crippen molar-refractivity contribution in [1.82, 2.24) is 4.90 Å². The summed E-state index contributed by atoms with van der Waals surface area (Å²) in [6, 6.07) is 0.279. The van der Waals surface area contributed by atoms with Gasteiger partial charge in [0.25, 0.3) is 0 Å². The van der Waals surface area contributed by atoms with Gasteiger partial charge in [-0.1, -0.05) is 0 Å². The zero-order chi connectivity index (χ0) is 11.5. The Hall–Kier alpha value is -0.650. The number of nitrogens with zero attached hydrogens (tertiary/aromatic N) is 1. The number of ether oxygens (including phenoxy) is 2. The SMILES string of the molecule is COC(=O)C(C)(O)CN(C)C1CCOC1. The van der Waals surface area contributed by atoms with Crippen LogP contribution in [0.1, 0.15) is 13.3 Å². The first-order chi connectivity index (χ1) is 6.97. The standard InChI is InChI=1S/C10H19NO4/c1-10(13,9(12)14-3)7-11(2)8-4-5-15-6-8/h8,13H,4-7H2,1-3H3. The maximum atomic E-state index is 11.3. The van der Waals surface area contributed by atoms with Crippen molar-refractivity contribution in [2.24, 2.45) is 0 Å². The number of carbonyl (C=O) groups excluding carboxylic acids is 1. The number of esters is 1. The Morgan fingerprint density at radius 3 is 2.87 bits per heavy atom. The van der Waals surface area contributed by atoms with Gasteiger partial charge in [-0.25, -0.2) is 4.79 Å². The molecule has 0 radical (unpaired) electrons. The molecule has 0 spiro atoms. The predicted octanol–water partition coefficient (Wildman–Crippen LogP) is -0.369. The van der Waals surface area contributed by atoms with E-state index < -0.39 is 11.6 Å². The summed E-state index contributed by atoms with van der Waals surface area (Å²) in [5.41, 5.74) is -1.45. The third kappa shape index (κ3) is 3.15. The van der Waals surface area contributed by atoms with E-state index in [1.54, 1.807) is 0 Å². The topological polar surface area (TPSA) is 59.0 Å². The first-order valence-electron chi connectivity index (χ1n) is 5.06. The van der Waals surface area contributed by atoms with Gasteiger partial charge in [0.15, 0.2) is 5.60 Å². The van der Waals surface area contributed by atoms with Gasteiger partial charge in [-0.2, -0.15) is 0 Å². The molecule has 0 saturated carbocycles. The van der Waals surface area contributed by atoms with Crippen molar-refractivity contribution in [2.75, 3.05) is 33.9 Å². The van der Waals surface area contributed by atoms with Crippen LogP contribution in [-0.4, -0.2) is 61.5 Å². The largest absolute Gasteiger partial charge is 0.467 e. The molecule has 0 aromatic rings. The quantitative estimate of drug-likeness (QED) is 0.651. The van der Waals surface area contributed by atoms with E-state index in [1.165, 1.54) is 14.0 Å². The Bertz CT molecular complexity index is 223. The smallest absolute Gasteiger partial charge is 0.338 e. The maximum Gasteiger partial charge on any atom is 0.338 e. The van der Waals surface area contributed by atoms with Crippen LogP contribution in [0, 0.1) is 0 Å². The van der Waals surface area contributed by atoms with Gasteiger partial charge >= 0.3 is 5.97 Å². The molecule has 1 rings (SSSR count). The minimum absolute atomic E-state index is 0.258. The molecule has 1 saturated heterocycles. The highest BCUT2D eigenvalue weighted by molar-refractivity contribution is 5.78. The van der Waals surface area contributed by atoms with Crippen molar-refractivity contribution < 1.29 is 19.4 Å². The molecule has 0 aliphatic carbocycles. The van der Waals surface area contributed by atoms with Crippen molar-refractivity contribution >= 4 is 5.97 Å². The van der Waals surface area contributed by atoms with E-state index in [0.717, 1.165) is 13.0 Å². The minimum atomic E-state index is -1.45. The van der Waals surface area contributed by atoms with Crippen molar-refractivity contribution in [3.8, 4) is 0 Å². The Balaban J connectivity index is 2.48. The molecule has 15 heavy (non-hydrogen) atoms. The van der Waals surface area contributed by atoms with E-state index in [9.17, 15) is 9.90 Å². The van der Waals surface area contributed by atoms with Crippen molar-refractivity contribution in [3.63, 3.8) is 0 Å². The maximum absolute atomic E-state index is 11.3. The van der Waals surface area contributed by atoms with Gasteiger partial charge in [-0.3, -0.25) is 4.90 Å². The van der Waals surface area contributed by atoms with Gasteiger partial charge in [-0.15, -0.1) is 0 Å². The van der Waals surface area contributed by atoms with Crippen LogP contribution in [0.4, 0.5) is 0 Å². The van der Waals surface area contributed by atoms with Crippen LogP contribution in [0.2, 0.25) is 0 Å². The Morgan fingerprint density at radius 2 is 2.40 bits per heavy atom. The fraction of sp³-hybridized carbons (Fsp3) is 0.900. The summed E-state index contributed by atoms with van der Waals surface area (Å²) in [5.74, 6) is -0.603. The first kappa shape index (κ1) is 12.4. The van der Waals surface area contributed by atoms with Crippen LogP contribution < -0.4 is 0 Å². The van der Waals surface area contributed by atoms with Gasteiger partial charge in [0, 0.05) is 19.2 Å². The van der Waals surface area contributed by atoms with E-state index >= 15 is 0 Å². The second-order valence-electron chi connectivity index (χ2n) is 4.20. The molecule has 5 heteroatoms. The summed E-state index contributed by atoms with van der Waals surface area (Å²) in [6.07, 6.45) is 0.938. The third-order valence-corrected chi connectivity index (χ3v) is 2.71.